The number of sulfonamides is 1. The maximum absolute atomic E-state index is 12.9. The van der Waals surface area contributed by atoms with Crippen LogP contribution in [-0.2, 0) is 14.8 Å². The van der Waals surface area contributed by atoms with Crippen molar-refractivity contribution in [1.82, 2.24) is 9.62 Å². The van der Waals surface area contributed by atoms with Gasteiger partial charge in [-0.15, -0.1) is 0 Å². The Hall–Kier alpha value is -1.64. The molecule has 1 fully saturated rings. The highest BCUT2D eigenvalue weighted by atomic mass is 32.2. The number of benzene rings is 1. The fourth-order valence-electron chi connectivity index (χ4n) is 2.83. The van der Waals surface area contributed by atoms with E-state index in [9.17, 15) is 13.2 Å². The first-order valence-corrected chi connectivity index (χ1v) is 9.55. The van der Waals surface area contributed by atoms with Gasteiger partial charge in [0.25, 0.3) is 0 Å². The zero-order valence-electron chi connectivity index (χ0n) is 13.9. The molecule has 2 rings (SSSR count). The van der Waals surface area contributed by atoms with Crippen LogP contribution in [0.2, 0.25) is 0 Å². The Morgan fingerprint density at radius 1 is 1.33 bits per heavy atom. The summed E-state index contributed by atoms with van der Waals surface area (Å²) >= 11 is 0. The van der Waals surface area contributed by atoms with Gasteiger partial charge in [-0.25, -0.2) is 8.42 Å². The molecule has 1 heterocycles. The number of hydrogen-bond donors (Lipinski definition) is 2. The van der Waals surface area contributed by atoms with E-state index in [0.717, 1.165) is 19.3 Å². The number of ether oxygens (including phenoxy) is 1. The summed E-state index contributed by atoms with van der Waals surface area (Å²) in [7, 11) is -2.06. The van der Waals surface area contributed by atoms with Crippen molar-refractivity contribution in [3.8, 4) is 5.75 Å². The van der Waals surface area contributed by atoms with Crippen molar-refractivity contribution in [1.29, 1.82) is 0 Å². The molecule has 1 aromatic rings. The van der Waals surface area contributed by atoms with Crippen LogP contribution < -0.4 is 15.8 Å². The van der Waals surface area contributed by atoms with Crippen molar-refractivity contribution >= 4 is 15.9 Å². The summed E-state index contributed by atoms with van der Waals surface area (Å²) < 4.78 is 32.4. The number of carbonyl (C=O) groups is 1. The number of piperidine rings is 1. The Labute approximate surface area is 143 Å². The lowest BCUT2D eigenvalue weighted by atomic mass is 10.1. The molecule has 1 aliphatic rings. The monoisotopic (exact) mass is 355 g/mol. The van der Waals surface area contributed by atoms with Crippen LogP contribution >= 0.6 is 0 Å². The van der Waals surface area contributed by atoms with Crippen molar-refractivity contribution in [3.05, 3.63) is 24.3 Å². The average Bonchev–Trinajstić information content (AvgIpc) is 2.60. The maximum atomic E-state index is 12.9. The lowest BCUT2D eigenvalue weighted by Gasteiger charge is -2.34. The Balaban J connectivity index is 2.13. The van der Waals surface area contributed by atoms with Gasteiger partial charge in [0.15, 0.2) is 0 Å². The number of nitrogens with zero attached hydrogens (tertiary/aromatic N) is 1. The Morgan fingerprint density at radius 3 is 2.67 bits per heavy atom. The molecule has 24 heavy (non-hydrogen) atoms. The van der Waals surface area contributed by atoms with E-state index in [2.05, 4.69) is 5.32 Å². The molecule has 0 bridgehead atoms. The van der Waals surface area contributed by atoms with E-state index in [1.165, 1.54) is 11.4 Å². The minimum Gasteiger partial charge on any atom is -0.497 e. The van der Waals surface area contributed by atoms with Gasteiger partial charge in [-0.2, -0.15) is 4.31 Å². The lowest BCUT2D eigenvalue weighted by Crippen LogP contribution is -2.49. The zero-order chi connectivity index (χ0) is 17.6. The van der Waals surface area contributed by atoms with E-state index in [1.807, 2.05) is 0 Å². The van der Waals surface area contributed by atoms with E-state index in [-0.39, 0.29) is 29.8 Å². The summed E-state index contributed by atoms with van der Waals surface area (Å²) in [5.41, 5.74) is 5.36. The van der Waals surface area contributed by atoms with Crippen molar-refractivity contribution in [3.63, 3.8) is 0 Å². The topological polar surface area (TPSA) is 102 Å². The van der Waals surface area contributed by atoms with Crippen LogP contribution in [0.5, 0.6) is 5.75 Å². The summed E-state index contributed by atoms with van der Waals surface area (Å²) in [4.78, 5) is 11.8. The van der Waals surface area contributed by atoms with Gasteiger partial charge >= 0.3 is 0 Å². The summed E-state index contributed by atoms with van der Waals surface area (Å²) in [6, 6.07) is 6.14. The molecule has 1 unspecified atom stereocenters. The van der Waals surface area contributed by atoms with Gasteiger partial charge < -0.3 is 15.8 Å². The molecule has 134 valence electrons. The Bertz CT molecular complexity index is 646. The van der Waals surface area contributed by atoms with E-state index in [4.69, 9.17) is 10.5 Å². The number of amides is 1. The van der Waals surface area contributed by atoms with Gasteiger partial charge in [0, 0.05) is 32.1 Å². The van der Waals surface area contributed by atoms with E-state index in [1.54, 1.807) is 24.3 Å². The standard InChI is InChI=1S/C16H25N3O4S/c1-23-14-5-7-15(8-6-14)24(21,22)19-11-3-2-4-13(19)12-18-16(20)9-10-17/h5-8,13H,2-4,9-12,17H2,1H3,(H,18,20). The summed E-state index contributed by atoms with van der Waals surface area (Å²) in [5, 5.41) is 2.78. The number of nitrogens with one attached hydrogen (secondary N) is 1. The maximum Gasteiger partial charge on any atom is 0.243 e. The fourth-order valence-corrected chi connectivity index (χ4v) is 4.52. The smallest absolute Gasteiger partial charge is 0.243 e. The average molecular weight is 355 g/mol. The second-order valence-corrected chi connectivity index (χ2v) is 7.67. The normalized spacial score (nSPS) is 19.0. The molecule has 8 heteroatoms. The van der Waals surface area contributed by atoms with Gasteiger partial charge in [-0.1, -0.05) is 6.42 Å². The number of hydrogen-bond acceptors (Lipinski definition) is 5. The molecule has 1 aliphatic heterocycles. The van der Waals surface area contributed by atoms with Crippen molar-refractivity contribution in [2.75, 3.05) is 26.7 Å². The van der Waals surface area contributed by atoms with Crippen molar-refractivity contribution < 1.29 is 17.9 Å². The highest BCUT2D eigenvalue weighted by Crippen LogP contribution is 2.26. The second-order valence-electron chi connectivity index (χ2n) is 5.78. The van der Waals surface area contributed by atoms with E-state index < -0.39 is 10.0 Å². The van der Waals surface area contributed by atoms with Gasteiger partial charge in [0.05, 0.1) is 12.0 Å². The molecule has 0 saturated carbocycles. The van der Waals surface area contributed by atoms with Crippen LogP contribution in [0.25, 0.3) is 0 Å². The zero-order valence-corrected chi connectivity index (χ0v) is 14.7. The summed E-state index contributed by atoms with van der Waals surface area (Å²) in [5.74, 6) is 0.461. The summed E-state index contributed by atoms with van der Waals surface area (Å²) in [6.07, 6.45) is 2.75. The third kappa shape index (κ3) is 4.46. The number of carbonyl (C=O) groups excluding carboxylic acids is 1. The Kier molecular flexibility index (Phi) is 6.59. The van der Waals surface area contributed by atoms with Gasteiger partial charge in [0.1, 0.15) is 5.75 Å². The molecule has 0 aliphatic carbocycles. The molecular weight excluding hydrogens is 330 g/mol. The molecule has 1 atom stereocenters. The van der Waals surface area contributed by atoms with Crippen LogP contribution in [0.4, 0.5) is 0 Å². The highest BCUT2D eigenvalue weighted by molar-refractivity contribution is 7.89. The molecule has 0 aromatic heterocycles. The van der Waals surface area contributed by atoms with Crippen LogP contribution in [-0.4, -0.2) is 51.4 Å². The molecule has 0 spiro atoms. The molecular formula is C16H25N3O4S. The molecule has 1 saturated heterocycles. The summed E-state index contributed by atoms with van der Waals surface area (Å²) in [6.45, 7) is 1.06. The van der Waals surface area contributed by atoms with E-state index in [0.29, 0.717) is 18.8 Å². The number of rotatable bonds is 7. The molecule has 3 N–H and O–H groups in total. The van der Waals surface area contributed by atoms with Gasteiger partial charge in [-0.3, -0.25) is 4.79 Å². The Morgan fingerprint density at radius 2 is 2.04 bits per heavy atom. The van der Waals surface area contributed by atoms with Crippen LogP contribution in [0.3, 0.4) is 0 Å². The second kappa shape index (κ2) is 8.46. The molecule has 7 nitrogen and oxygen atoms in total. The predicted octanol–water partition coefficient (Wildman–Crippen LogP) is 0.703. The van der Waals surface area contributed by atoms with Gasteiger partial charge in [-0.05, 0) is 37.1 Å². The van der Waals surface area contributed by atoms with Crippen LogP contribution in [0.15, 0.2) is 29.2 Å². The van der Waals surface area contributed by atoms with Crippen molar-refractivity contribution in [2.24, 2.45) is 5.73 Å². The predicted molar refractivity (Wildman–Crippen MR) is 91.2 cm³/mol. The first-order chi connectivity index (χ1) is 11.5. The van der Waals surface area contributed by atoms with Crippen LogP contribution in [0, 0.1) is 0 Å². The van der Waals surface area contributed by atoms with E-state index >= 15 is 0 Å². The molecule has 1 amide bonds. The minimum absolute atomic E-state index is 0.148. The lowest BCUT2D eigenvalue weighted by molar-refractivity contribution is -0.121. The minimum atomic E-state index is -3.59. The third-order valence-corrected chi connectivity index (χ3v) is 6.11. The quantitative estimate of drug-likeness (QED) is 0.750. The number of methoxy groups -OCH3 is 1. The van der Waals surface area contributed by atoms with Crippen molar-refractivity contribution in [2.45, 2.75) is 36.6 Å². The fraction of sp³-hybridized carbons (Fsp3) is 0.562. The first kappa shape index (κ1) is 18.7. The largest absolute Gasteiger partial charge is 0.497 e. The highest BCUT2D eigenvalue weighted by Gasteiger charge is 2.33. The molecule has 1 aromatic carbocycles. The van der Waals surface area contributed by atoms with Crippen LogP contribution in [0.1, 0.15) is 25.7 Å². The SMILES string of the molecule is COc1ccc(S(=O)(=O)N2CCCCC2CNC(=O)CCN)cc1. The van der Waals surface area contributed by atoms with Gasteiger partial charge in [0.2, 0.25) is 15.9 Å². The first-order valence-electron chi connectivity index (χ1n) is 8.11. The molecule has 0 radical (unpaired) electrons. The number of nitrogens with two attached hydrogens (primary N) is 1. The third-order valence-electron chi connectivity index (χ3n) is 4.15.